The first-order valence-electron chi connectivity index (χ1n) is 8.41. The number of nitro groups is 1. The molecular formula is C19H21ClN4O4. The van der Waals surface area contributed by atoms with E-state index in [1.165, 1.54) is 23.1 Å². The Morgan fingerprint density at radius 3 is 2.36 bits per heavy atom. The smallest absolute Gasteiger partial charge is 0.289 e. The quantitative estimate of drug-likeness (QED) is 0.565. The van der Waals surface area contributed by atoms with Crippen molar-refractivity contribution < 1.29 is 14.5 Å². The monoisotopic (exact) mass is 404 g/mol. The number of hydrogen-bond acceptors (Lipinski definition) is 5. The van der Waals surface area contributed by atoms with Crippen LogP contribution in [0, 0.1) is 10.1 Å². The molecule has 2 amide bonds. The van der Waals surface area contributed by atoms with Gasteiger partial charge < -0.3 is 10.2 Å². The van der Waals surface area contributed by atoms with Crippen LogP contribution >= 0.6 is 11.6 Å². The van der Waals surface area contributed by atoms with Gasteiger partial charge in [0, 0.05) is 25.8 Å². The summed E-state index contributed by atoms with van der Waals surface area (Å²) in [5.74, 6) is -0.574. The molecule has 8 nitrogen and oxygen atoms in total. The van der Waals surface area contributed by atoms with E-state index in [9.17, 15) is 19.7 Å². The highest BCUT2D eigenvalue weighted by molar-refractivity contribution is 6.32. The van der Waals surface area contributed by atoms with Crippen LogP contribution in [0.15, 0.2) is 48.5 Å². The molecule has 2 aromatic carbocycles. The molecule has 0 bridgehead atoms. The molecule has 2 aromatic rings. The second kappa shape index (κ2) is 9.29. The van der Waals surface area contributed by atoms with Crippen LogP contribution in [0.2, 0.25) is 5.02 Å². The Bertz CT molecular complexity index is 873. The Morgan fingerprint density at radius 2 is 1.79 bits per heavy atom. The van der Waals surface area contributed by atoms with Crippen molar-refractivity contribution in [2.45, 2.75) is 6.04 Å². The lowest BCUT2D eigenvalue weighted by Crippen LogP contribution is -2.41. The largest absolute Gasteiger partial charge is 0.348 e. The van der Waals surface area contributed by atoms with E-state index in [4.69, 9.17) is 11.6 Å². The summed E-state index contributed by atoms with van der Waals surface area (Å²) in [7, 11) is 4.95. The lowest BCUT2D eigenvalue weighted by atomic mass is 10.0. The fourth-order valence-electron chi connectivity index (χ4n) is 2.63. The van der Waals surface area contributed by atoms with Crippen LogP contribution in [-0.2, 0) is 9.59 Å². The summed E-state index contributed by atoms with van der Waals surface area (Å²) in [6, 6.07) is 12.3. The van der Waals surface area contributed by atoms with Crippen LogP contribution in [0.5, 0.6) is 0 Å². The van der Waals surface area contributed by atoms with Gasteiger partial charge in [-0.05, 0) is 24.7 Å². The number of anilines is 1. The summed E-state index contributed by atoms with van der Waals surface area (Å²) < 4.78 is 0. The van der Waals surface area contributed by atoms with Crippen LogP contribution < -0.4 is 5.32 Å². The number of nitrogens with zero attached hydrogens (tertiary/aromatic N) is 3. The third-order valence-electron chi connectivity index (χ3n) is 4.10. The molecular weight excluding hydrogens is 384 g/mol. The minimum atomic E-state index is -0.764. The third kappa shape index (κ3) is 5.28. The zero-order chi connectivity index (χ0) is 20.8. The number of carbonyl (C=O) groups is 2. The highest BCUT2D eigenvalue weighted by Crippen LogP contribution is 2.28. The molecule has 0 aromatic heterocycles. The van der Waals surface area contributed by atoms with Gasteiger partial charge in [0.2, 0.25) is 11.8 Å². The Labute approximate surface area is 167 Å². The van der Waals surface area contributed by atoms with Crippen LogP contribution in [0.4, 0.5) is 11.4 Å². The zero-order valence-corrected chi connectivity index (χ0v) is 16.5. The minimum Gasteiger partial charge on any atom is -0.348 e. The van der Waals surface area contributed by atoms with Crippen molar-refractivity contribution >= 4 is 34.8 Å². The van der Waals surface area contributed by atoms with E-state index in [0.29, 0.717) is 5.56 Å². The summed E-state index contributed by atoms with van der Waals surface area (Å²) in [6.45, 7) is 0.0285. The second-order valence-corrected chi connectivity index (χ2v) is 6.84. The first kappa shape index (κ1) is 21.3. The molecule has 148 valence electrons. The minimum absolute atomic E-state index is 0.0173. The van der Waals surface area contributed by atoms with Gasteiger partial charge in [0.1, 0.15) is 11.1 Å². The van der Waals surface area contributed by atoms with Gasteiger partial charge in [-0.1, -0.05) is 41.9 Å². The van der Waals surface area contributed by atoms with Gasteiger partial charge in [-0.2, -0.15) is 0 Å². The Balaban J connectivity index is 2.30. The number of halogens is 1. The first-order valence-corrected chi connectivity index (χ1v) is 8.78. The number of carbonyl (C=O) groups excluding carboxylic acids is 2. The van der Waals surface area contributed by atoms with E-state index < -0.39 is 16.9 Å². The summed E-state index contributed by atoms with van der Waals surface area (Å²) in [6.07, 6.45) is 0. The highest BCUT2D eigenvalue weighted by atomic mass is 35.5. The van der Waals surface area contributed by atoms with Crippen LogP contribution in [0.3, 0.4) is 0 Å². The molecule has 0 saturated carbocycles. The molecule has 0 aliphatic carbocycles. The number of rotatable bonds is 7. The zero-order valence-electron chi connectivity index (χ0n) is 15.8. The average molecular weight is 405 g/mol. The molecule has 0 aliphatic rings. The van der Waals surface area contributed by atoms with Crippen molar-refractivity contribution in [2.24, 2.45) is 0 Å². The van der Waals surface area contributed by atoms with Crippen LogP contribution in [0.1, 0.15) is 11.6 Å². The summed E-state index contributed by atoms with van der Waals surface area (Å²) >= 11 is 5.82. The fraction of sp³-hybridized carbons (Fsp3) is 0.263. The van der Waals surface area contributed by atoms with Gasteiger partial charge >= 0.3 is 0 Å². The highest BCUT2D eigenvalue weighted by Gasteiger charge is 2.27. The summed E-state index contributed by atoms with van der Waals surface area (Å²) in [5, 5.41) is 13.7. The number of likely N-dealkylation sites (N-methyl/N-ethyl adjacent to an activating group) is 2. The molecule has 0 radical (unpaired) electrons. The number of nitro benzene ring substituents is 1. The first-order chi connectivity index (χ1) is 13.2. The summed E-state index contributed by atoms with van der Waals surface area (Å²) in [5.41, 5.74) is 0.638. The van der Waals surface area contributed by atoms with Gasteiger partial charge in [-0.25, -0.2) is 0 Å². The van der Waals surface area contributed by atoms with E-state index in [1.54, 1.807) is 50.3 Å². The predicted octanol–water partition coefficient (Wildman–Crippen LogP) is 2.95. The number of hydrogen-bond donors (Lipinski definition) is 1. The Morgan fingerprint density at radius 1 is 1.14 bits per heavy atom. The SMILES string of the molecule is CN(C)C(=O)CN(C)[C@@H](C(=O)Nc1ccc(Cl)c([N+](=O)[O-])c1)c1ccccc1. The lowest BCUT2D eigenvalue weighted by molar-refractivity contribution is -0.384. The van der Waals surface area contributed by atoms with Gasteiger partial charge in [0.05, 0.1) is 11.5 Å². The summed E-state index contributed by atoms with van der Waals surface area (Å²) in [4.78, 5) is 38.6. The molecule has 2 rings (SSSR count). The van der Waals surface area contributed by atoms with Crippen molar-refractivity contribution in [3.63, 3.8) is 0 Å². The van der Waals surface area contributed by atoms with Crippen molar-refractivity contribution in [3.8, 4) is 0 Å². The van der Waals surface area contributed by atoms with Gasteiger partial charge in [-0.3, -0.25) is 24.6 Å². The van der Waals surface area contributed by atoms with E-state index in [-0.39, 0.29) is 28.8 Å². The van der Waals surface area contributed by atoms with E-state index >= 15 is 0 Å². The third-order valence-corrected chi connectivity index (χ3v) is 4.42. The molecule has 0 saturated heterocycles. The molecule has 0 aliphatic heterocycles. The van der Waals surface area contributed by atoms with Crippen LogP contribution in [-0.4, -0.2) is 54.2 Å². The maximum Gasteiger partial charge on any atom is 0.289 e. The topological polar surface area (TPSA) is 95.8 Å². The molecule has 0 spiro atoms. The fourth-order valence-corrected chi connectivity index (χ4v) is 2.81. The van der Waals surface area contributed by atoms with Gasteiger partial charge in [0.15, 0.2) is 0 Å². The Kier molecular flexibility index (Phi) is 7.08. The standard InChI is InChI=1S/C19H21ClN4O4/c1-22(2)17(25)12-23(3)18(13-7-5-4-6-8-13)19(26)21-14-9-10-15(20)16(11-14)24(27)28/h4-11,18H,12H2,1-3H3,(H,21,26)/t18-/m1/s1. The van der Waals surface area contributed by atoms with Crippen LogP contribution in [0.25, 0.3) is 0 Å². The molecule has 9 heteroatoms. The predicted molar refractivity (Wildman–Crippen MR) is 107 cm³/mol. The van der Waals surface area contributed by atoms with Crippen molar-refractivity contribution in [1.82, 2.24) is 9.80 Å². The number of amides is 2. The van der Waals surface area contributed by atoms with E-state index in [1.807, 2.05) is 6.07 Å². The Hall–Kier alpha value is -2.97. The molecule has 1 atom stereocenters. The molecule has 1 N–H and O–H groups in total. The second-order valence-electron chi connectivity index (χ2n) is 6.43. The van der Waals surface area contributed by atoms with Crippen molar-refractivity contribution in [3.05, 3.63) is 69.2 Å². The molecule has 0 fully saturated rings. The van der Waals surface area contributed by atoms with E-state index in [0.717, 1.165) is 0 Å². The maximum atomic E-state index is 13.0. The normalized spacial score (nSPS) is 11.8. The van der Waals surface area contributed by atoms with E-state index in [2.05, 4.69) is 5.32 Å². The molecule has 28 heavy (non-hydrogen) atoms. The molecule has 0 heterocycles. The number of nitrogens with one attached hydrogen (secondary N) is 1. The molecule has 0 unspecified atom stereocenters. The van der Waals surface area contributed by atoms with Gasteiger partial charge in [-0.15, -0.1) is 0 Å². The van der Waals surface area contributed by atoms with Crippen molar-refractivity contribution in [2.75, 3.05) is 33.0 Å². The lowest BCUT2D eigenvalue weighted by Gasteiger charge is -2.28. The number of benzene rings is 2. The van der Waals surface area contributed by atoms with Gasteiger partial charge in [0.25, 0.3) is 5.69 Å². The average Bonchev–Trinajstić information content (AvgIpc) is 2.64. The maximum absolute atomic E-state index is 13.0. The van der Waals surface area contributed by atoms with Crippen molar-refractivity contribution in [1.29, 1.82) is 0 Å².